The molecule has 19 heavy (non-hydrogen) atoms. The number of hydrogen-bond acceptors (Lipinski definition) is 3. The molecule has 0 saturated heterocycles. The Morgan fingerprint density at radius 2 is 1.95 bits per heavy atom. The number of hydrogen-bond donors (Lipinski definition) is 2. The molecule has 0 fully saturated rings. The summed E-state index contributed by atoms with van der Waals surface area (Å²) in [6.07, 6.45) is 3.68. The van der Waals surface area contributed by atoms with Gasteiger partial charge >= 0.3 is 0 Å². The topological polar surface area (TPSA) is 50.9 Å². The molecule has 0 bridgehead atoms. The van der Waals surface area contributed by atoms with Crippen molar-refractivity contribution in [2.24, 2.45) is 0 Å². The summed E-state index contributed by atoms with van der Waals surface area (Å²) in [6, 6.07) is 14.0. The maximum absolute atomic E-state index is 5.77. The second kappa shape index (κ2) is 5.05. The summed E-state index contributed by atoms with van der Waals surface area (Å²) in [5.74, 6) is 0. The van der Waals surface area contributed by atoms with Crippen LogP contribution in [0.1, 0.15) is 0 Å². The molecule has 4 heteroatoms. The summed E-state index contributed by atoms with van der Waals surface area (Å²) in [5, 5.41) is 5.73. The number of aromatic nitrogens is 1. The highest BCUT2D eigenvalue weighted by molar-refractivity contribution is 14.1. The van der Waals surface area contributed by atoms with E-state index >= 15 is 0 Å². The predicted octanol–water partition coefficient (Wildman–Crippen LogP) is 4.17. The van der Waals surface area contributed by atoms with Crippen molar-refractivity contribution in [3.05, 3.63) is 58.4 Å². The smallest absolute Gasteiger partial charge is 0.0521 e. The Balaban J connectivity index is 2.06. The first-order valence-corrected chi connectivity index (χ1v) is 6.97. The average molecular weight is 361 g/mol. The first-order chi connectivity index (χ1) is 9.24. The summed E-state index contributed by atoms with van der Waals surface area (Å²) in [6.45, 7) is 0. The average Bonchev–Trinajstić information content (AvgIpc) is 2.42. The number of pyridine rings is 1. The lowest BCUT2D eigenvalue weighted by atomic mass is 10.1. The zero-order valence-corrected chi connectivity index (χ0v) is 12.3. The first kappa shape index (κ1) is 12.2. The van der Waals surface area contributed by atoms with Crippen molar-refractivity contribution in [3.8, 4) is 0 Å². The highest BCUT2D eigenvalue weighted by Crippen LogP contribution is 2.29. The van der Waals surface area contributed by atoms with Crippen LogP contribution in [0.25, 0.3) is 10.8 Å². The fourth-order valence-corrected chi connectivity index (χ4v) is 2.68. The van der Waals surface area contributed by atoms with Crippen LogP contribution in [0.3, 0.4) is 0 Å². The molecule has 2 aromatic carbocycles. The van der Waals surface area contributed by atoms with E-state index in [9.17, 15) is 0 Å². The van der Waals surface area contributed by atoms with Gasteiger partial charge in [0.1, 0.15) is 0 Å². The van der Waals surface area contributed by atoms with Crippen LogP contribution in [0.2, 0.25) is 0 Å². The van der Waals surface area contributed by atoms with Crippen LogP contribution in [-0.4, -0.2) is 4.98 Å². The number of nitrogen functional groups attached to an aromatic ring is 1. The molecule has 0 amide bonds. The number of nitrogens with two attached hydrogens (primary N) is 1. The van der Waals surface area contributed by atoms with E-state index in [0.717, 1.165) is 31.4 Å². The molecule has 1 heterocycles. The minimum atomic E-state index is 0.775. The van der Waals surface area contributed by atoms with Crippen LogP contribution in [0, 0.1) is 3.57 Å². The summed E-state index contributed by atoms with van der Waals surface area (Å²) in [4.78, 5) is 4.14. The van der Waals surface area contributed by atoms with Crippen LogP contribution >= 0.6 is 22.6 Å². The molecule has 0 aliphatic heterocycles. The van der Waals surface area contributed by atoms with Gasteiger partial charge in [0, 0.05) is 38.1 Å². The van der Waals surface area contributed by atoms with E-state index in [4.69, 9.17) is 5.73 Å². The van der Waals surface area contributed by atoms with Crippen LogP contribution < -0.4 is 11.1 Å². The molecule has 3 N–H and O–H groups in total. The standard InChI is InChI=1S/C15H12IN3/c16-13-8-11(17)4-5-15(13)19-14-3-1-2-10-9-18-7-6-12(10)14/h1-9,19H,17H2. The third-order valence-electron chi connectivity index (χ3n) is 2.94. The number of anilines is 3. The van der Waals surface area contributed by atoms with Crippen molar-refractivity contribution in [2.75, 3.05) is 11.1 Å². The molecule has 0 saturated carbocycles. The molecule has 0 radical (unpaired) electrons. The van der Waals surface area contributed by atoms with E-state index in [1.54, 1.807) is 0 Å². The van der Waals surface area contributed by atoms with Crippen molar-refractivity contribution >= 4 is 50.4 Å². The SMILES string of the molecule is Nc1ccc(Nc2cccc3cnccc23)c(I)c1. The van der Waals surface area contributed by atoms with E-state index < -0.39 is 0 Å². The van der Waals surface area contributed by atoms with Gasteiger partial charge in [0.05, 0.1) is 5.69 Å². The minimum Gasteiger partial charge on any atom is -0.399 e. The highest BCUT2D eigenvalue weighted by atomic mass is 127. The fraction of sp³-hybridized carbons (Fsp3) is 0. The Bertz CT molecular complexity index is 735. The van der Waals surface area contributed by atoms with E-state index in [0.29, 0.717) is 0 Å². The van der Waals surface area contributed by atoms with Gasteiger partial charge in [-0.1, -0.05) is 12.1 Å². The van der Waals surface area contributed by atoms with Gasteiger partial charge in [0.15, 0.2) is 0 Å². The Morgan fingerprint density at radius 1 is 1.05 bits per heavy atom. The van der Waals surface area contributed by atoms with Crippen molar-refractivity contribution in [1.29, 1.82) is 0 Å². The largest absolute Gasteiger partial charge is 0.399 e. The van der Waals surface area contributed by atoms with Gasteiger partial charge in [-0.15, -0.1) is 0 Å². The molecule has 3 aromatic rings. The van der Waals surface area contributed by atoms with E-state index in [1.165, 1.54) is 0 Å². The number of rotatable bonds is 2. The fourth-order valence-electron chi connectivity index (χ4n) is 2.01. The zero-order valence-electron chi connectivity index (χ0n) is 10.1. The van der Waals surface area contributed by atoms with Crippen LogP contribution in [0.15, 0.2) is 54.9 Å². The third-order valence-corrected chi connectivity index (χ3v) is 3.84. The number of halogens is 1. The second-order valence-electron chi connectivity index (χ2n) is 4.27. The number of nitrogens with zero attached hydrogens (tertiary/aromatic N) is 1. The van der Waals surface area contributed by atoms with E-state index in [1.807, 2.05) is 42.7 Å². The first-order valence-electron chi connectivity index (χ1n) is 5.89. The summed E-state index contributed by atoms with van der Waals surface area (Å²) >= 11 is 2.28. The normalized spacial score (nSPS) is 10.6. The quantitative estimate of drug-likeness (QED) is 0.532. The van der Waals surface area contributed by atoms with E-state index in [-0.39, 0.29) is 0 Å². The van der Waals surface area contributed by atoms with Crippen LogP contribution in [-0.2, 0) is 0 Å². The molecule has 1 aromatic heterocycles. The zero-order chi connectivity index (χ0) is 13.2. The van der Waals surface area contributed by atoms with Gasteiger partial charge in [-0.3, -0.25) is 4.98 Å². The Labute approximate surface area is 125 Å². The molecular formula is C15H12IN3. The van der Waals surface area contributed by atoms with Crippen molar-refractivity contribution in [2.45, 2.75) is 0 Å². The number of nitrogens with one attached hydrogen (secondary N) is 1. The molecule has 3 rings (SSSR count). The maximum atomic E-state index is 5.77. The van der Waals surface area contributed by atoms with Gasteiger partial charge in [-0.25, -0.2) is 0 Å². The van der Waals surface area contributed by atoms with Crippen molar-refractivity contribution in [1.82, 2.24) is 4.98 Å². The van der Waals surface area contributed by atoms with Gasteiger partial charge < -0.3 is 11.1 Å². The highest BCUT2D eigenvalue weighted by Gasteiger charge is 2.04. The minimum absolute atomic E-state index is 0.775. The molecule has 94 valence electrons. The van der Waals surface area contributed by atoms with Crippen molar-refractivity contribution < 1.29 is 0 Å². The Morgan fingerprint density at radius 3 is 2.79 bits per heavy atom. The molecular weight excluding hydrogens is 349 g/mol. The monoisotopic (exact) mass is 361 g/mol. The van der Waals surface area contributed by atoms with Crippen LogP contribution in [0.4, 0.5) is 17.1 Å². The molecule has 0 atom stereocenters. The Kier molecular flexibility index (Phi) is 3.25. The second-order valence-corrected chi connectivity index (χ2v) is 5.43. The van der Waals surface area contributed by atoms with E-state index in [2.05, 4.69) is 45.0 Å². The Hall–Kier alpha value is -1.82. The molecule has 0 unspecified atom stereocenters. The third kappa shape index (κ3) is 2.49. The molecule has 0 aliphatic carbocycles. The predicted molar refractivity (Wildman–Crippen MR) is 88.6 cm³/mol. The number of fused-ring (bicyclic) bond motifs is 1. The summed E-state index contributed by atoms with van der Waals surface area (Å²) in [7, 11) is 0. The van der Waals surface area contributed by atoms with Gasteiger partial charge in [0.2, 0.25) is 0 Å². The van der Waals surface area contributed by atoms with Crippen molar-refractivity contribution in [3.63, 3.8) is 0 Å². The van der Waals surface area contributed by atoms with Gasteiger partial charge in [-0.2, -0.15) is 0 Å². The summed E-state index contributed by atoms with van der Waals surface area (Å²) in [5.41, 5.74) is 8.67. The number of benzene rings is 2. The van der Waals surface area contributed by atoms with Crippen LogP contribution in [0.5, 0.6) is 0 Å². The lowest BCUT2D eigenvalue weighted by Crippen LogP contribution is -1.95. The molecule has 0 spiro atoms. The summed E-state index contributed by atoms with van der Waals surface area (Å²) < 4.78 is 1.10. The molecule has 0 aliphatic rings. The maximum Gasteiger partial charge on any atom is 0.0521 e. The van der Waals surface area contributed by atoms with Gasteiger partial charge in [-0.05, 0) is 52.9 Å². The lowest BCUT2D eigenvalue weighted by molar-refractivity contribution is 1.36. The molecule has 3 nitrogen and oxygen atoms in total. The van der Waals surface area contributed by atoms with Gasteiger partial charge in [0.25, 0.3) is 0 Å². The lowest BCUT2D eigenvalue weighted by Gasteiger charge is -2.11.